The number of hydrogen-bond donors (Lipinski definition) is 3. The fourth-order valence-electron chi connectivity index (χ4n) is 6.94. The first-order valence-electron chi connectivity index (χ1n) is 22.6. The van der Waals surface area contributed by atoms with E-state index in [1.165, 1.54) is 199 Å². The van der Waals surface area contributed by atoms with Crippen molar-refractivity contribution in [2.45, 2.75) is 257 Å². The Kier molecular flexibility index (Phi) is 41.3. The van der Waals surface area contributed by atoms with Crippen molar-refractivity contribution >= 4 is 5.91 Å². The Morgan fingerprint density at radius 2 is 0.760 bits per heavy atom. The number of unbranched alkanes of at least 4 members (excludes halogenated alkanes) is 32. The minimum Gasteiger partial charge on any atom is -0.394 e. The van der Waals surface area contributed by atoms with Gasteiger partial charge in [0.05, 0.1) is 18.8 Å². The minimum absolute atomic E-state index is 0.0664. The first kappa shape index (κ1) is 48.9. The van der Waals surface area contributed by atoms with Gasteiger partial charge in [0.1, 0.15) is 0 Å². The highest BCUT2D eigenvalue weighted by atomic mass is 16.3. The summed E-state index contributed by atoms with van der Waals surface area (Å²) in [5.41, 5.74) is 0. The van der Waals surface area contributed by atoms with Gasteiger partial charge in [0.2, 0.25) is 5.91 Å². The zero-order valence-electron chi connectivity index (χ0n) is 33.9. The lowest BCUT2D eigenvalue weighted by molar-refractivity contribution is -0.123. The Labute approximate surface area is 313 Å². The molecule has 0 aliphatic heterocycles. The van der Waals surface area contributed by atoms with Crippen LogP contribution in [0.1, 0.15) is 245 Å². The third-order valence-corrected chi connectivity index (χ3v) is 10.4. The third kappa shape index (κ3) is 38.1. The van der Waals surface area contributed by atoms with E-state index in [9.17, 15) is 15.0 Å². The van der Waals surface area contributed by atoms with Crippen molar-refractivity contribution in [2.24, 2.45) is 0 Å². The zero-order chi connectivity index (χ0) is 36.4. The summed E-state index contributed by atoms with van der Waals surface area (Å²) in [5.74, 6) is -0.0664. The van der Waals surface area contributed by atoms with Crippen LogP contribution in [0.4, 0.5) is 0 Å². The molecule has 2 unspecified atom stereocenters. The van der Waals surface area contributed by atoms with Gasteiger partial charge in [-0.1, -0.05) is 218 Å². The smallest absolute Gasteiger partial charge is 0.220 e. The summed E-state index contributed by atoms with van der Waals surface area (Å²) in [7, 11) is 0. The number of aliphatic hydroxyl groups is 2. The molecule has 0 aliphatic carbocycles. The number of allylic oxidation sites excluding steroid dienone is 3. The Balaban J connectivity index is 3.55. The second-order valence-corrected chi connectivity index (χ2v) is 15.5. The lowest BCUT2D eigenvalue weighted by atomic mass is 10.0. The van der Waals surface area contributed by atoms with Crippen molar-refractivity contribution in [3.8, 4) is 0 Å². The largest absolute Gasteiger partial charge is 0.394 e. The van der Waals surface area contributed by atoms with E-state index in [0.29, 0.717) is 6.42 Å². The molecular weight excluding hydrogens is 615 g/mol. The van der Waals surface area contributed by atoms with Crippen LogP contribution in [-0.2, 0) is 4.79 Å². The van der Waals surface area contributed by atoms with Crippen molar-refractivity contribution in [1.82, 2.24) is 5.32 Å². The zero-order valence-corrected chi connectivity index (χ0v) is 33.9. The van der Waals surface area contributed by atoms with E-state index in [1.807, 2.05) is 6.08 Å². The van der Waals surface area contributed by atoms with Crippen LogP contribution in [0.25, 0.3) is 0 Å². The maximum absolute atomic E-state index is 12.4. The van der Waals surface area contributed by atoms with Gasteiger partial charge in [-0.25, -0.2) is 0 Å². The van der Waals surface area contributed by atoms with Gasteiger partial charge >= 0.3 is 0 Å². The molecule has 0 aromatic carbocycles. The van der Waals surface area contributed by atoms with Crippen molar-refractivity contribution in [3.63, 3.8) is 0 Å². The fraction of sp³-hybridized carbons (Fsp3) is 0.891. The highest BCUT2D eigenvalue weighted by molar-refractivity contribution is 5.76. The predicted molar refractivity (Wildman–Crippen MR) is 221 cm³/mol. The third-order valence-electron chi connectivity index (χ3n) is 10.4. The number of rotatable bonds is 41. The highest BCUT2D eigenvalue weighted by Crippen LogP contribution is 2.15. The maximum Gasteiger partial charge on any atom is 0.220 e. The predicted octanol–water partition coefficient (Wildman–Crippen LogP) is 14.0. The number of nitrogens with one attached hydrogen (secondary N) is 1. The van der Waals surface area contributed by atoms with Crippen LogP contribution < -0.4 is 5.32 Å². The topological polar surface area (TPSA) is 69.6 Å². The van der Waals surface area contributed by atoms with E-state index in [0.717, 1.165) is 25.7 Å². The van der Waals surface area contributed by atoms with Gasteiger partial charge < -0.3 is 15.5 Å². The molecule has 4 nitrogen and oxygen atoms in total. The standard InChI is InChI=1S/C46H89NO3/c1-3-5-7-9-11-13-15-17-19-21-23-24-25-27-29-31-33-35-37-39-41-45(49)44(43-48)47-46(50)42-40-38-36-34-32-30-28-26-22-20-18-16-14-12-10-8-6-4-2/h20,22,39,41,44-45,48-49H,3-19,21,23-38,40,42-43H2,1-2H3,(H,47,50)/b22-20-,41-39+. The first-order valence-corrected chi connectivity index (χ1v) is 22.6. The van der Waals surface area contributed by atoms with E-state index in [2.05, 4.69) is 31.3 Å². The summed E-state index contributed by atoms with van der Waals surface area (Å²) < 4.78 is 0. The van der Waals surface area contributed by atoms with E-state index < -0.39 is 12.1 Å². The highest BCUT2D eigenvalue weighted by Gasteiger charge is 2.17. The molecule has 0 heterocycles. The molecule has 0 saturated carbocycles. The maximum atomic E-state index is 12.4. The fourth-order valence-corrected chi connectivity index (χ4v) is 6.94. The Morgan fingerprint density at radius 1 is 0.460 bits per heavy atom. The van der Waals surface area contributed by atoms with Crippen molar-refractivity contribution in [1.29, 1.82) is 0 Å². The number of amides is 1. The molecule has 4 heteroatoms. The molecule has 0 fully saturated rings. The first-order chi connectivity index (χ1) is 24.7. The Morgan fingerprint density at radius 3 is 1.10 bits per heavy atom. The summed E-state index contributed by atoms with van der Waals surface area (Å²) in [5, 5.41) is 23.0. The van der Waals surface area contributed by atoms with Gasteiger partial charge in [0, 0.05) is 6.42 Å². The van der Waals surface area contributed by atoms with Gasteiger partial charge in [-0.05, 0) is 44.9 Å². The molecule has 0 aromatic rings. The van der Waals surface area contributed by atoms with Crippen molar-refractivity contribution in [3.05, 3.63) is 24.3 Å². The SMILES string of the molecule is CCCCCCCCC/C=C\CCCCCCCCCC(=O)NC(CO)C(O)/C=C/CCCCCCCCCCCCCCCCCCCC. The molecule has 0 rings (SSSR count). The molecule has 0 radical (unpaired) electrons. The lowest BCUT2D eigenvalue weighted by Gasteiger charge is -2.20. The van der Waals surface area contributed by atoms with Crippen LogP contribution in [0, 0.1) is 0 Å². The molecule has 296 valence electrons. The van der Waals surface area contributed by atoms with Crippen LogP contribution in [0.2, 0.25) is 0 Å². The molecule has 2 atom stereocenters. The Hall–Kier alpha value is -1.13. The van der Waals surface area contributed by atoms with Gasteiger partial charge in [-0.15, -0.1) is 0 Å². The van der Waals surface area contributed by atoms with Crippen molar-refractivity contribution < 1.29 is 15.0 Å². The molecule has 50 heavy (non-hydrogen) atoms. The van der Waals surface area contributed by atoms with Crippen LogP contribution in [0.5, 0.6) is 0 Å². The molecule has 0 aromatic heterocycles. The molecule has 0 spiro atoms. The second kappa shape index (κ2) is 42.3. The average molecular weight is 704 g/mol. The van der Waals surface area contributed by atoms with Crippen LogP contribution in [-0.4, -0.2) is 34.9 Å². The number of aliphatic hydroxyl groups excluding tert-OH is 2. The van der Waals surface area contributed by atoms with E-state index in [-0.39, 0.29) is 12.5 Å². The van der Waals surface area contributed by atoms with Crippen molar-refractivity contribution in [2.75, 3.05) is 6.61 Å². The lowest BCUT2D eigenvalue weighted by Crippen LogP contribution is -2.45. The summed E-state index contributed by atoms with van der Waals surface area (Å²) in [6, 6.07) is -0.622. The second-order valence-electron chi connectivity index (χ2n) is 15.5. The van der Waals surface area contributed by atoms with E-state index in [4.69, 9.17) is 0 Å². The van der Waals surface area contributed by atoms with E-state index in [1.54, 1.807) is 6.08 Å². The number of hydrogen-bond acceptors (Lipinski definition) is 3. The van der Waals surface area contributed by atoms with Gasteiger partial charge in [0.15, 0.2) is 0 Å². The van der Waals surface area contributed by atoms with Gasteiger partial charge in [-0.3, -0.25) is 4.79 Å². The van der Waals surface area contributed by atoms with Crippen LogP contribution >= 0.6 is 0 Å². The molecule has 3 N–H and O–H groups in total. The Bertz CT molecular complexity index is 720. The summed E-state index contributed by atoms with van der Waals surface area (Å²) in [4.78, 5) is 12.4. The molecular formula is C46H89NO3. The molecule has 0 aliphatic rings. The normalized spacial score (nSPS) is 13.1. The van der Waals surface area contributed by atoms with Crippen LogP contribution in [0.15, 0.2) is 24.3 Å². The summed E-state index contributed by atoms with van der Waals surface area (Å²) in [6.07, 6.45) is 54.3. The monoisotopic (exact) mass is 704 g/mol. The molecule has 1 amide bonds. The quantitative estimate of drug-likeness (QED) is 0.0438. The average Bonchev–Trinajstić information content (AvgIpc) is 3.12. The summed E-state index contributed by atoms with van der Waals surface area (Å²) >= 11 is 0. The van der Waals surface area contributed by atoms with E-state index >= 15 is 0 Å². The molecule has 0 saturated heterocycles. The minimum atomic E-state index is -0.838. The summed E-state index contributed by atoms with van der Waals surface area (Å²) in [6.45, 7) is 4.32. The number of carbonyl (C=O) groups excluding carboxylic acids is 1. The van der Waals surface area contributed by atoms with Gasteiger partial charge in [-0.2, -0.15) is 0 Å². The number of carbonyl (C=O) groups is 1. The van der Waals surface area contributed by atoms with Crippen LogP contribution in [0.3, 0.4) is 0 Å². The van der Waals surface area contributed by atoms with Gasteiger partial charge in [0.25, 0.3) is 0 Å². The molecule has 0 bridgehead atoms.